The summed E-state index contributed by atoms with van der Waals surface area (Å²) in [6.45, 7) is 3.67. The van der Waals surface area contributed by atoms with Gasteiger partial charge in [-0.3, -0.25) is 0 Å². The molecule has 2 aromatic carbocycles. The maximum absolute atomic E-state index is 12.4. The Morgan fingerprint density at radius 3 is 2.26 bits per heavy atom. The number of carbonyl (C=O) groups excluding carboxylic acids is 1. The maximum atomic E-state index is 12.4. The molecule has 1 heterocycles. The number of aliphatic hydroxyl groups excluding tert-OH is 1. The van der Waals surface area contributed by atoms with E-state index in [4.69, 9.17) is 18.9 Å². The van der Waals surface area contributed by atoms with Gasteiger partial charge in [0.2, 0.25) is 5.75 Å². The first-order valence-corrected chi connectivity index (χ1v) is 9.76. The highest BCUT2D eigenvalue weighted by atomic mass is 16.5. The molecule has 0 aliphatic carbocycles. The van der Waals surface area contributed by atoms with Crippen LogP contribution in [0, 0.1) is 5.92 Å². The van der Waals surface area contributed by atoms with Gasteiger partial charge in [0.25, 0.3) is 0 Å². The Balaban J connectivity index is 1.94. The molecule has 1 fully saturated rings. The van der Waals surface area contributed by atoms with Crippen molar-refractivity contribution in [2.45, 2.75) is 26.1 Å². The predicted octanol–water partition coefficient (Wildman–Crippen LogP) is 3.19. The Hall–Kier alpha value is -3.39. The molecule has 0 amide bonds. The Kier molecular flexibility index (Phi) is 6.60. The molecule has 0 radical (unpaired) electrons. The van der Waals surface area contributed by atoms with Crippen LogP contribution in [0.1, 0.15) is 31.1 Å². The number of carbonyl (C=O) groups is 1. The minimum absolute atomic E-state index is 0.0107. The lowest BCUT2D eigenvalue weighted by Crippen LogP contribution is -2.15. The second-order valence-corrected chi connectivity index (χ2v) is 7.42. The van der Waals surface area contributed by atoms with Gasteiger partial charge in [0.1, 0.15) is 6.61 Å². The van der Waals surface area contributed by atoms with Crippen molar-refractivity contribution in [3.05, 3.63) is 47.0 Å². The molecule has 8 nitrogen and oxygen atoms in total. The molecule has 1 aliphatic rings. The zero-order valence-electron chi connectivity index (χ0n) is 17.8. The number of aromatic hydroxyl groups is 2. The smallest absolute Gasteiger partial charge is 0.334 e. The van der Waals surface area contributed by atoms with Crippen molar-refractivity contribution in [1.29, 1.82) is 0 Å². The molecular weight excluding hydrogens is 404 g/mol. The largest absolute Gasteiger partial charge is 0.504 e. The predicted molar refractivity (Wildman–Crippen MR) is 112 cm³/mol. The van der Waals surface area contributed by atoms with E-state index in [1.165, 1.54) is 20.3 Å². The minimum atomic E-state index is -1.10. The van der Waals surface area contributed by atoms with Crippen molar-refractivity contribution in [2.24, 2.45) is 5.92 Å². The molecule has 31 heavy (non-hydrogen) atoms. The molecular formula is C23H26O8. The highest BCUT2D eigenvalue weighted by Gasteiger charge is 2.37. The molecule has 0 bridgehead atoms. The zero-order valence-corrected chi connectivity index (χ0v) is 17.8. The summed E-state index contributed by atoms with van der Waals surface area (Å²) in [5, 5.41) is 31.2. The lowest BCUT2D eigenvalue weighted by molar-refractivity contribution is -0.135. The lowest BCUT2D eigenvalue weighted by Gasteiger charge is -2.19. The lowest BCUT2D eigenvalue weighted by atomic mass is 9.89. The van der Waals surface area contributed by atoms with Crippen molar-refractivity contribution >= 4 is 12.0 Å². The van der Waals surface area contributed by atoms with Crippen LogP contribution in [0.15, 0.2) is 35.9 Å². The van der Waals surface area contributed by atoms with Crippen molar-refractivity contribution in [3.8, 4) is 28.7 Å². The first kappa shape index (κ1) is 22.3. The second kappa shape index (κ2) is 9.18. The van der Waals surface area contributed by atoms with Crippen molar-refractivity contribution in [1.82, 2.24) is 0 Å². The second-order valence-electron chi connectivity index (χ2n) is 7.42. The Bertz CT molecular complexity index is 970. The minimum Gasteiger partial charge on any atom is -0.504 e. The van der Waals surface area contributed by atoms with Crippen molar-refractivity contribution in [2.75, 3.05) is 20.8 Å². The highest BCUT2D eigenvalue weighted by Crippen LogP contribution is 2.40. The van der Waals surface area contributed by atoms with Gasteiger partial charge in [-0.25, -0.2) is 4.79 Å². The molecule has 1 aliphatic heterocycles. The summed E-state index contributed by atoms with van der Waals surface area (Å²) in [4.78, 5) is 12.4. The molecule has 166 valence electrons. The Morgan fingerprint density at radius 2 is 1.71 bits per heavy atom. The van der Waals surface area contributed by atoms with Gasteiger partial charge in [-0.15, -0.1) is 0 Å². The van der Waals surface area contributed by atoms with Crippen molar-refractivity contribution < 1.29 is 39.1 Å². The van der Waals surface area contributed by atoms with Crippen LogP contribution in [-0.2, 0) is 9.53 Å². The summed E-state index contributed by atoms with van der Waals surface area (Å²) in [5.41, 5.74) is 1.20. The number of phenols is 2. The molecule has 2 atom stereocenters. The monoisotopic (exact) mass is 430 g/mol. The topological polar surface area (TPSA) is 115 Å². The van der Waals surface area contributed by atoms with Crippen LogP contribution in [0.3, 0.4) is 0 Å². The SMILES string of the molecule is COc1cc(/C=C2\C(=O)OC[C@@H]2[C@H](O)c2ccc(OC(C)C)c(O)c2)cc(OC)c1O. The van der Waals surface area contributed by atoms with Crippen LogP contribution >= 0.6 is 0 Å². The van der Waals surface area contributed by atoms with Crippen LogP contribution in [0.5, 0.6) is 28.7 Å². The van der Waals surface area contributed by atoms with E-state index in [2.05, 4.69) is 0 Å². The molecule has 8 heteroatoms. The van der Waals surface area contributed by atoms with E-state index >= 15 is 0 Å². The normalized spacial score (nSPS) is 18.2. The van der Waals surface area contributed by atoms with Crippen LogP contribution in [0.2, 0.25) is 0 Å². The molecule has 0 aromatic heterocycles. The van der Waals surface area contributed by atoms with Crippen LogP contribution < -0.4 is 14.2 Å². The van der Waals surface area contributed by atoms with Crippen LogP contribution in [0.4, 0.5) is 0 Å². The van der Waals surface area contributed by atoms with Gasteiger partial charge < -0.3 is 34.3 Å². The first-order chi connectivity index (χ1) is 14.7. The summed E-state index contributed by atoms with van der Waals surface area (Å²) in [5.74, 6) is -0.802. The third-order valence-electron chi connectivity index (χ3n) is 4.92. The third kappa shape index (κ3) is 4.69. The van der Waals surface area contributed by atoms with Crippen molar-refractivity contribution in [3.63, 3.8) is 0 Å². The van der Waals surface area contributed by atoms with Crippen LogP contribution in [0.25, 0.3) is 6.08 Å². The highest BCUT2D eigenvalue weighted by molar-refractivity contribution is 5.96. The number of hydrogen-bond acceptors (Lipinski definition) is 8. The molecule has 3 rings (SSSR count). The maximum Gasteiger partial charge on any atom is 0.334 e. The van der Waals surface area contributed by atoms with E-state index in [0.29, 0.717) is 16.9 Å². The molecule has 0 spiro atoms. The fourth-order valence-corrected chi connectivity index (χ4v) is 3.40. The number of esters is 1. The van der Waals surface area contributed by atoms with Gasteiger partial charge >= 0.3 is 5.97 Å². The number of methoxy groups -OCH3 is 2. The van der Waals surface area contributed by atoms with E-state index in [1.807, 2.05) is 13.8 Å². The molecule has 0 saturated carbocycles. The number of hydrogen-bond donors (Lipinski definition) is 3. The van der Waals surface area contributed by atoms with Gasteiger partial charge in [0, 0.05) is 5.57 Å². The average Bonchev–Trinajstić information content (AvgIpc) is 3.09. The molecule has 1 saturated heterocycles. The van der Waals surface area contributed by atoms with Gasteiger partial charge in [-0.2, -0.15) is 0 Å². The Morgan fingerprint density at radius 1 is 1.06 bits per heavy atom. The van der Waals surface area contributed by atoms with Gasteiger partial charge in [-0.1, -0.05) is 6.07 Å². The summed E-state index contributed by atoms with van der Waals surface area (Å²) in [6.07, 6.45) is 0.345. The standard InChI is InChI=1S/C23H26O8/c1-12(2)31-18-6-5-14(10-17(18)24)21(25)16-11-30-23(27)15(16)7-13-8-19(28-3)22(26)20(9-13)29-4/h5-10,12,16,21,24-26H,11H2,1-4H3/b15-7-/t16-,21+/m0/s1. The fraction of sp³-hybridized carbons (Fsp3) is 0.348. The van der Waals surface area contributed by atoms with E-state index < -0.39 is 18.0 Å². The van der Waals surface area contributed by atoms with E-state index in [9.17, 15) is 20.1 Å². The average molecular weight is 430 g/mol. The molecule has 2 aromatic rings. The van der Waals surface area contributed by atoms with Gasteiger partial charge in [-0.05, 0) is 55.3 Å². The first-order valence-electron chi connectivity index (χ1n) is 9.76. The molecule has 3 N–H and O–H groups in total. The summed E-state index contributed by atoms with van der Waals surface area (Å²) < 4.78 is 21.0. The quantitative estimate of drug-likeness (QED) is 0.453. The number of ether oxygens (including phenoxy) is 4. The van der Waals surface area contributed by atoms with E-state index in [-0.39, 0.29) is 41.3 Å². The van der Waals surface area contributed by atoms with E-state index in [1.54, 1.807) is 30.3 Å². The fourth-order valence-electron chi connectivity index (χ4n) is 3.40. The number of cyclic esters (lactones) is 1. The number of aliphatic hydroxyl groups is 1. The number of rotatable bonds is 7. The zero-order chi connectivity index (χ0) is 22.7. The summed E-state index contributed by atoms with van der Waals surface area (Å²) in [7, 11) is 2.81. The molecule has 0 unspecified atom stereocenters. The van der Waals surface area contributed by atoms with Crippen LogP contribution in [-0.4, -0.2) is 48.2 Å². The van der Waals surface area contributed by atoms with Gasteiger partial charge in [0.05, 0.1) is 32.3 Å². The van der Waals surface area contributed by atoms with E-state index in [0.717, 1.165) is 0 Å². The summed E-state index contributed by atoms with van der Waals surface area (Å²) in [6, 6.07) is 7.71. The third-order valence-corrected chi connectivity index (χ3v) is 4.92. The Labute approximate surface area is 180 Å². The van der Waals surface area contributed by atoms with Gasteiger partial charge in [0.15, 0.2) is 23.0 Å². The summed E-state index contributed by atoms with van der Waals surface area (Å²) >= 11 is 0. The number of benzene rings is 2. The number of phenolic OH excluding ortho intramolecular Hbond substituents is 2.